The molecule has 8 nitrogen and oxygen atoms in total. The molecular formula is C26H39N7O. The van der Waals surface area contributed by atoms with Crippen molar-refractivity contribution < 1.29 is 0 Å². The van der Waals surface area contributed by atoms with Crippen LogP contribution in [0.1, 0.15) is 70.0 Å². The first-order chi connectivity index (χ1) is 16.5. The fourth-order valence-electron chi connectivity index (χ4n) is 5.43. The largest absolute Gasteiger partial charge is 0.382 e. The Hall–Kier alpha value is -2.61. The Morgan fingerprint density at radius 1 is 1.18 bits per heavy atom. The highest BCUT2D eigenvalue weighted by Gasteiger charge is 2.43. The van der Waals surface area contributed by atoms with Crippen LogP contribution in [0, 0.1) is 11.8 Å². The standard InChI is InChI=1S/C26H39N7O/c1-4-5-6-13-31(2)14-7-8-19-15-21(30-32(19)3)20-16-33(24(17-9-10-17)18-11-12-18)26(34)22-23(20)28-29-25(22)27/h15-18,24H,4-14H2,1-3H3,(H3,27,28,29). The van der Waals surface area contributed by atoms with Gasteiger partial charge in [0.15, 0.2) is 5.82 Å². The maximum atomic E-state index is 13.5. The molecule has 184 valence electrons. The van der Waals surface area contributed by atoms with Crippen LogP contribution < -0.4 is 11.3 Å². The van der Waals surface area contributed by atoms with Crippen LogP contribution in [0.2, 0.25) is 0 Å². The minimum atomic E-state index is -0.0175. The molecule has 2 saturated carbocycles. The van der Waals surface area contributed by atoms with Gasteiger partial charge in [-0.05, 0) is 83.0 Å². The quantitative estimate of drug-likeness (QED) is 0.392. The molecule has 8 heteroatoms. The van der Waals surface area contributed by atoms with E-state index in [9.17, 15) is 4.79 Å². The minimum absolute atomic E-state index is 0.0175. The first-order valence-corrected chi connectivity index (χ1v) is 13.1. The molecule has 3 aromatic heterocycles. The molecule has 34 heavy (non-hydrogen) atoms. The lowest BCUT2D eigenvalue weighted by molar-refractivity contribution is 0.320. The lowest BCUT2D eigenvalue weighted by atomic mass is 10.0. The van der Waals surface area contributed by atoms with Crippen molar-refractivity contribution in [2.24, 2.45) is 18.9 Å². The van der Waals surface area contributed by atoms with Gasteiger partial charge in [0.25, 0.3) is 5.56 Å². The molecule has 2 aliphatic carbocycles. The molecule has 2 aliphatic rings. The number of H-pyrrole nitrogens is 1. The molecule has 0 aliphatic heterocycles. The molecule has 3 heterocycles. The van der Waals surface area contributed by atoms with Crippen molar-refractivity contribution in [3.8, 4) is 11.3 Å². The van der Waals surface area contributed by atoms with Crippen molar-refractivity contribution in [2.75, 3.05) is 25.9 Å². The Balaban J connectivity index is 1.41. The summed E-state index contributed by atoms with van der Waals surface area (Å²) in [5.74, 6) is 1.50. The fraction of sp³-hybridized carbons (Fsp3) is 0.654. The summed E-state index contributed by atoms with van der Waals surface area (Å²) >= 11 is 0. The zero-order valence-electron chi connectivity index (χ0n) is 20.9. The molecule has 5 rings (SSSR count). The van der Waals surface area contributed by atoms with E-state index in [1.54, 1.807) is 0 Å². The number of fused-ring (bicyclic) bond motifs is 1. The van der Waals surface area contributed by atoms with E-state index in [0.29, 0.717) is 22.7 Å². The molecule has 0 bridgehead atoms. The number of nitrogens with one attached hydrogen (secondary N) is 1. The van der Waals surface area contributed by atoms with E-state index in [4.69, 9.17) is 10.8 Å². The van der Waals surface area contributed by atoms with Crippen LogP contribution in [0.3, 0.4) is 0 Å². The van der Waals surface area contributed by atoms with Crippen LogP contribution in [0.4, 0.5) is 5.82 Å². The maximum absolute atomic E-state index is 13.5. The predicted octanol–water partition coefficient (Wildman–Crippen LogP) is 4.12. The van der Waals surface area contributed by atoms with Crippen molar-refractivity contribution >= 4 is 16.7 Å². The van der Waals surface area contributed by atoms with Gasteiger partial charge in [0, 0.05) is 30.5 Å². The number of nitrogen functional groups attached to an aromatic ring is 1. The molecule has 3 N–H and O–H groups in total. The zero-order valence-corrected chi connectivity index (χ0v) is 20.9. The van der Waals surface area contributed by atoms with Crippen LogP contribution >= 0.6 is 0 Å². The van der Waals surface area contributed by atoms with E-state index in [2.05, 4.69) is 35.1 Å². The van der Waals surface area contributed by atoms with Gasteiger partial charge in [-0.1, -0.05) is 19.8 Å². The van der Waals surface area contributed by atoms with E-state index in [0.717, 1.165) is 37.2 Å². The summed E-state index contributed by atoms with van der Waals surface area (Å²) < 4.78 is 3.95. The summed E-state index contributed by atoms with van der Waals surface area (Å²) in [5, 5.41) is 12.6. The number of hydrogen-bond donors (Lipinski definition) is 2. The second kappa shape index (κ2) is 9.56. The van der Waals surface area contributed by atoms with Crippen LogP contribution in [0.25, 0.3) is 22.2 Å². The van der Waals surface area contributed by atoms with Crippen LogP contribution in [0.5, 0.6) is 0 Å². The summed E-state index contributed by atoms with van der Waals surface area (Å²) in [4.78, 5) is 15.9. The Morgan fingerprint density at radius 3 is 2.56 bits per heavy atom. The molecule has 0 aromatic carbocycles. The van der Waals surface area contributed by atoms with Gasteiger partial charge in [-0.25, -0.2) is 0 Å². The molecule has 0 spiro atoms. The van der Waals surface area contributed by atoms with E-state index in [1.807, 2.05) is 22.5 Å². The van der Waals surface area contributed by atoms with Crippen LogP contribution in [0.15, 0.2) is 17.1 Å². The number of unbranched alkanes of at least 4 members (excludes halogenated alkanes) is 2. The van der Waals surface area contributed by atoms with Crippen molar-refractivity contribution in [1.82, 2.24) is 29.4 Å². The van der Waals surface area contributed by atoms with Crippen LogP contribution in [-0.2, 0) is 13.5 Å². The van der Waals surface area contributed by atoms with Crippen molar-refractivity contribution in [1.29, 1.82) is 0 Å². The average Bonchev–Trinajstić information content (AvgIpc) is 3.74. The molecule has 2 fully saturated rings. The summed E-state index contributed by atoms with van der Waals surface area (Å²) in [6.07, 6.45) is 12.8. The second-order valence-corrected chi connectivity index (χ2v) is 10.5. The van der Waals surface area contributed by atoms with E-state index in [-0.39, 0.29) is 17.4 Å². The summed E-state index contributed by atoms with van der Waals surface area (Å²) in [6, 6.07) is 2.44. The van der Waals surface area contributed by atoms with Crippen LogP contribution in [-0.4, -0.2) is 49.6 Å². The third-order valence-electron chi connectivity index (χ3n) is 7.68. The first-order valence-electron chi connectivity index (χ1n) is 13.1. The highest BCUT2D eigenvalue weighted by Crippen LogP contribution is 2.52. The smallest absolute Gasteiger partial charge is 0.264 e. The van der Waals surface area contributed by atoms with Gasteiger partial charge in [-0.15, -0.1) is 0 Å². The van der Waals surface area contributed by atoms with Gasteiger partial charge >= 0.3 is 0 Å². The number of nitrogens with two attached hydrogens (primary N) is 1. The number of hydrogen-bond acceptors (Lipinski definition) is 5. The number of aromatic nitrogens is 5. The Labute approximate surface area is 201 Å². The van der Waals surface area contributed by atoms with E-state index >= 15 is 0 Å². The molecule has 0 radical (unpaired) electrons. The van der Waals surface area contributed by atoms with E-state index < -0.39 is 0 Å². The molecule has 0 atom stereocenters. The SMILES string of the molecule is CCCCCN(C)CCCc1cc(-c2cn(C(C3CC3)C3CC3)c(=O)c3c(N)n[nH]c23)nn1C. The molecule has 0 amide bonds. The molecule has 0 saturated heterocycles. The van der Waals surface area contributed by atoms with Crippen molar-refractivity contribution in [3.05, 3.63) is 28.3 Å². The third kappa shape index (κ3) is 4.65. The normalized spacial score (nSPS) is 16.4. The molecular weight excluding hydrogens is 426 g/mol. The Bertz CT molecular complexity index is 1190. The summed E-state index contributed by atoms with van der Waals surface area (Å²) in [7, 11) is 4.22. The monoisotopic (exact) mass is 465 g/mol. The highest BCUT2D eigenvalue weighted by molar-refractivity contribution is 5.97. The van der Waals surface area contributed by atoms with Crippen molar-refractivity contribution in [3.63, 3.8) is 0 Å². The maximum Gasteiger partial charge on any atom is 0.264 e. The second-order valence-electron chi connectivity index (χ2n) is 10.5. The molecule has 0 unspecified atom stereocenters. The zero-order chi connectivity index (χ0) is 23.8. The number of pyridine rings is 1. The minimum Gasteiger partial charge on any atom is -0.382 e. The van der Waals surface area contributed by atoms with Gasteiger partial charge in [-0.3, -0.25) is 14.6 Å². The topological polar surface area (TPSA) is 97.8 Å². The van der Waals surface area contributed by atoms with Crippen molar-refractivity contribution in [2.45, 2.75) is 70.8 Å². The lowest BCUT2D eigenvalue weighted by Crippen LogP contribution is -2.27. The van der Waals surface area contributed by atoms with E-state index in [1.165, 1.54) is 50.6 Å². The van der Waals surface area contributed by atoms with Gasteiger partial charge < -0.3 is 15.2 Å². The number of nitrogens with zero attached hydrogens (tertiary/aromatic N) is 5. The lowest BCUT2D eigenvalue weighted by Gasteiger charge is -2.20. The third-order valence-corrected chi connectivity index (χ3v) is 7.68. The van der Waals surface area contributed by atoms with Gasteiger partial charge in [0.2, 0.25) is 0 Å². The first kappa shape index (κ1) is 23.1. The number of rotatable bonds is 12. The summed E-state index contributed by atoms with van der Waals surface area (Å²) in [6.45, 7) is 4.49. The highest BCUT2D eigenvalue weighted by atomic mass is 16.1. The van der Waals surface area contributed by atoms with Gasteiger partial charge in [0.1, 0.15) is 5.39 Å². The summed E-state index contributed by atoms with van der Waals surface area (Å²) in [5.41, 5.74) is 9.85. The number of aromatic amines is 1. The Morgan fingerprint density at radius 2 is 1.88 bits per heavy atom. The predicted molar refractivity (Wildman–Crippen MR) is 137 cm³/mol. The number of anilines is 1. The van der Waals surface area contributed by atoms with Gasteiger partial charge in [0.05, 0.1) is 11.2 Å². The molecule has 3 aromatic rings. The van der Waals surface area contributed by atoms with Gasteiger partial charge in [-0.2, -0.15) is 10.2 Å². The Kier molecular flexibility index (Phi) is 6.51. The average molecular weight is 466 g/mol. The number of aryl methyl sites for hydroxylation is 2. The fourth-order valence-corrected chi connectivity index (χ4v) is 5.43.